The molecule has 0 saturated carbocycles. The van der Waals surface area contributed by atoms with E-state index in [9.17, 15) is 0 Å². The standard InChI is InChI=1S/C12H18ClNO2/c1-7(2)8-5-12(16-3)9(4-10(8)13)11(14)6-15/h4-5,7,11,15H,6,14H2,1-3H3. The SMILES string of the molecule is COc1cc(C(C)C)c(Cl)cc1C(N)CO. The number of ether oxygens (including phenoxy) is 1. The maximum Gasteiger partial charge on any atom is 0.124 e. The summed E-state index contributed by atoms with van der Waals surface area (Å²) in [6.45, 7) is 3.99. The average Bonchev–Trinajstić information content (AvgIpc) is 2.27. The van der Waals surface area contributed by atoms with Crippen molar-refractivity contribution < 1.29 is 9.84 Å². The summed E-state index contributed by atoms with van der Waals surface area (Å²) in [6.07, 6.45) is 0. The largest absolute Gasteiger partial charge is 0.496 e. The van der Waals surface area contributed by atoms with Crippen LogP contribution in [0.4, 0.5) is 0 Å². The Labute approximate surface area is 101 Å². The number of methoxy groups -OCH3 is 1. The molecule has 0 amide bonds. The van der Waals surface area contributed by atoms with E-state index < -0.39 is 6.04 Å². The van der Waals surface area contributed by atoms with Gasteiger partial charge in [-0.3, -0.25) is 0 Å². The minimum absolute atomic E-state index is 0.131. The fraction of sp³-hybridized carbons (Fsp3) is 0.500. The number of benzene rings is 1. The van der Waals surface area contributed by atoms with Crippen LogP contribution in [0.5, 0.6) is 5.75 Å². The van der Waals surface area contributed by atoms with Crippen molar-refractivity contribution >= 4 is 11.6 Å². The van der Waals surface area contributed by atoms with Crippen LogP contribution in [0.15, 0.2) is 12.1 Å². The van der Waals surface area contributed by atoms with Crippen LogP contribution in [0.1, 0.15) is 36.9 Å². The fourth-order valence-corrected chi connectivity index (χ4v) is 1.98. The molecule has 1 aromatic rings. The lowest BCUT2D eigenvalue weighted by atomic mass is 9.98. The zero-order chi connectivity index (χ0) is 12.3. The van der Waals surface area contributed by atoms with Crippen LogP contribution in [-0.2, 0) is 0 Å². The third-order valence-corrected chi connectivity index (χ3v) is 2.89. The molecule has 4 heteroatoms. The molecule has 0 heterocycles. The lowest BCUT2D eigenvalue weighted by Gasteiger charge is -2.17. The minimum Gasteiger partial charge on any atom is -0.496 e. The van der Waals surface area contributed by atoms with Crippen molar-refractivity contribution in [2.24, 2.45) is 5.73 Å². The highest BCUT2D eigenvalue weighted by molar-refractivity contribution is 6.31. The van der Waals surface area contributed by atoms with Gasteiger partial charge < -0.3 is 15.6 Å². The molecule has 3 nitrogen and oxygen atoms in total. The molecule has 0 aliphatic carbocycles. The second kappa shape index (κ2) is 5.53. The summed E-state index contributed by atoms with van der Waals surface area (Å²) >= 11 is 6.16. The first-order valence-corrected chi connectivity index (χ1v) is 5.62. The highest BCUT2D eigenvalue weighted by Crippen LogP contribution is 2.33. The van der Waals surface area contributed by atoms with Crippen molar-refractivity contribution in [3.63, 3.8) is 0 Å². The van der Waals surface area contributed by atoms with Crippen LogP contribution in [0, 0.1) is 0 Å². The molecule has 1 atom stereocenters. The summed E-state index contributed by atoms with van der Waals surface area (Å²) in [7, 11) is 1.58. The van der Waals surface area contributed by atoms with Gasteiger partial charge in [0.1, 0.15) is 5.75 Å². The first-order valence-electron chi connectivity index (χ1n) is 5.25. The lowest BCUT2D eigenvalue weighted by molar-refractivity contribution is 0.264. The minimum atomic E-state index is -0.464. The highest BCUT2D eigenvalue weighted by atomic mass is 35.5. The quantitative estimate of drug-likeness (QED) is 0.854. The van der Waals surface area contributed by atoms with Gasteiger partial charge in [-0.25, -0.2) is 0 Å². The molecule has 0 aromatic heterocycles. The number of rotatable bonds is 4. The van der Waals surface area contributed by atoms with Crippen LogP contribution < -0.4 is 10.5 Å². The number of aliphatic hydroxyl groups excluding tert-OH is 1. The summed E-state index contributed by atoms with van der Waals surface area (Å²) in [6, 6.07) is 3.20. The zero-order valence-corrected chi connectivity index (χ0v) is 10.6. The molecule has 0 spiro atoms. The molecule has 1 rings (SSSR count). The third kappa shape index (κ3) is 2.67. The molecular formula is C12H18ClNO2. The van der Waals surface area contributed by atoms with E-state index in [1.807, 2.05) is 6.07 Å². The van der Waals surface area contributed by atoms with Crippen LogP contribution >= 0.6 is 11.6 Å². The van der Waals surface area contributed by atoms with Crippen LogP contribution in [0.3, 0.4) is 0 Å². The first-order chi connectivity index (χ1) is 7.51. The van der Waals surface area contributed by atoms with E-state index in [-0.39, 0.29) is 6.61 Å². The van der Waals surface area contributed by atoms with E-state index in [1.54, 1.807) is 13.2 Å². The second-order valence-corrected chi connectivity index (χ2v) is 4.47. The molecule has 0 aliphatic heterocycles. The Morgan fingerprint density at radius 3 is 2.44 bits per heavy atom. The molecule has 0 aliphatic rings. The maximum absolute atomic E-state index is 9.05. The van der Waals surface area contributed by atoms with Gasteiger partial charge in [-0.15, -0.1) is 0 Å². The number of nitrogens with two attached hydrogens (primary N) is 1. The van der Waals surface area contributed by atoms with Crippen molar-refractivity contribution in [3.8, 4) is 5.75 Å². The average molecular weight is 244 g/mol. The van der Waals surface area contributed by atoms with E-state index in [2.05, 4.69) is 13.8 Å². The Kier molecular flexibility index (Phi) is 4.59. The Hall–Kier alpha value is -0.770. The van der Waals surface area contributed by atoms with Crippen molar-refractivity contribution in [1.29, 1.82) is 0 Å². The maximum atomic E-state index is 9.05. The van der Waals surface area contributed by atoms with Gasteiger partial charge in [0.2, 0.25) is 0 Å². The Morgan fingerprint density at radius 2 is 2.00 bits per heavy atom. The number of aliphatic hydroxyl groups is 1. The first kappa shape index (κ1) is 13.3. The third-order valence-electron chi connectivity index (χ3n) is 2.57. The normalized spacial score (nSPS) is 12.9. The Morgan fingerprint density at radius 1 is 1.38 bits per heavy atom. The molecule has 0 fully saturated rings. The fourth-order valence-electron chi connectivity index (χ4n) is 1.59. The molecular weight excluding hydrogens is 226 g/mol. The summed E-state index contributed by atoms with van der Waals surface area (Å²) in [5.41, 5.74) is 7.53. The van der Waals surface area contributed by atoms with E-state index in [0.29, 0.717) is 16.7 Å². The monoisotopic (exact) mass is 243 g/mol. The van der Waals surface area contributed by atoms with Gasteiger partial charge in [0.25, 0.3) is 0 Å². The van der Waals surface area contributed by atoms with Gasteiger partial charge in [0.05, 0.1) is 19.8 Å². The molecule has 90 valence electrons. The predicted molar refractivity (Wildman–Crippen MR) is 66.1 cm³/mol. The molecule has 1 aromatic carbocycles. The molecule has 0 bridgehead atoms. The van der Waals surface area contributed by atoms with E-state index in [0.717, 1.165) is 11.1 Å². The molecule has 16 heavy (non-hydrogen) atoms. The van der Waals surface area contributed by atoms with Gasteiger partial charge in [0, 0.05) is 10.6 Å². The van der Waals surface area contributed by atoms with E-state index in [4.69, 9.17) is 27.2 Å². The molecule has 0 saturated heterocycles. The predicted octanol–water partition coefficient (Wildman–Crippen LogP) is 2.46. The van der Waals surface area contributed by atoms with Crippen LogP contribution in [0.25, 0.3) is 0 Å². The van der Waals surface area contributed by atoms with Gasteiger partial charge in [0.15, 0.2) is 0 Å². The Bertz CT molecular complexity index is 366. The smallest absolute Gasteiger partial charge is 0.124 e. The van der Waals surface area contributed by atoms with Crippen molar-refractivity contribution in [3.05, 3.63) is 28.3 Å². The number of hydrogen-bond donors (Lipinski definition) is 2. The molecule has 0 radical (unpaired) electrons. The lowest BCUT2D eigenvalue weighted by Crippen LogP contribution is -2.16. The zero-order valence-electron chi connectivity index (χ0n) is 9.83. The summed E-state index contributed by atoms with van der Waals surface area (Å²) in [5, 5.41) is 9.72. The van der Waals surface area contributed by atoms with Crippen molar-refractivity contribution in [2.45, 2.75) is 25.8 Å². The summed E-state index contributed by atoms with van der Waals surface area (Å²) in [4.78, 5) is 0. The second-order valence-electron chi connectivity index (χ2n) is 4.06. The number of hydrogen-bond acceptors (Lipinski definition) is 3. The van der Waals surface area contributed by atoms with Crippen molar-refractivity contribution in [1.82, 2.24) is 0 Å². The van der Waals surface area contributed by atoms with E-state index >= 15 is 0 Å². The summed E-state index contributed by atoms with van der Waals surface area (Å²) in [5.74, 6) is 0.996. The topological polar surface area (TPSA) is 55.5 Å². The summed E-state index contributed by atoms with van der Waals surface area (Å²) < 4.78 is 5.26. The van der Waals surface area contributed by atoms with Gasteiger partial charge in [-0.2, -0.15) is 0 Å². The molecule has 1 unspecified atom stereocenters. The van der Waals surface area contributed by atoms with Gasteiger partial charge >= 0.3 is 0 Å². The molecule has 3 N–H and O–H groups in total. The van der Waals surface area contributed by atoms with Crippen LogP contribution in [0.2, 0.25) is 5.02 Å². The Balaban J connectivity index is 3.26. The van der Waals surface area contributed by atoms with Crippen LogP contribution in [-0.4, -0.2) is 18.8 Å². The highest BCUT2D eigenvalue weighted by Gasteiger charge is 2.15. The number of halogens is 1. The van der Waals surface area contributed by atoms with Gasteiger partial charge in [-0.1, -0.05) is 25.4 Å². The van der Waals surface area contributed by atoms with Crippen molar-refractivity contribution in [2.75, 3.05) is 13.7 Å². The van der Waals surface area contributed by atoms with Gasteiger partial charge in [-0.05, 0) is 23.6 Å². The van der Waals surface area contributed by atoms with E-state index in [1.165, 1.54) is 0 Å².